The first-order valence-corrected chi connectivity index (χ1v) is 26.4. The summed E-state index contributed by atoms with van der Waals surface area (Å²) in [6.07, 6.45) is 1.44. The summed E-state index contributed by atoms with van der Waals surface area (Å²) in [7, 11) is 0. The number of benzene rings is 4. The predicted octanol–water partition coefficient (Wildman–Crippen LogP) is 12.2. The van der Waals surface area contributed by atoms with Crippen molar-refractivity contribution in [2.75, 3.05) is 0 Å². The van der Waals surface area contributed by atoms with Gasteiger partial charge in [-0.1, -0.05) is 121 Å². The molecule has 4 heterocycles. The zero-order valence-electron chi connectivity index (χ0n) is 39.6. The molecule has 0 saturated carbocycles. The van der Waals surface area contributed by atoms with E-state index in [0.717, 1.165) is 34.0 Å². The molecule has 4 aromatic carbocycles. The van der Waals surface area contributed by atoms with Crippen LogP contribution in [0.25, 0.3) is 36.7 Å². The van der Waals surface area contributed by atoms with Crippen molar-refractivity contribution >= 4 is 97.2 Å². The van der Waals surface area contributed by atoms with E-state index in [1.54, 1.807) is 146 Å². The average molecular weight is 1070 g/mol. The minimum atomic E-state index is -2.52. The summed E-state index contributed by atoms with van der Waals surface area (Å²) >= 11 is 4.60. The molecular weight excluding hydrogens is 1030 g/mol. The lowest BCUT2D eigenvalue weighted by Crippen LogP contribution is -2.45. The molecule has 2 aliphatic rings. The Kier molecular flexibility index (Phi) is 14.3. The highest BCUT2D eigenvalue weighted by atomic mass is 32.1. The highest BCUT2D eigenvalue weighted by Crippen LogP contribution is 2.69. The van der Waals surface area contributed by atoms with E-state index in [1.807, 2.05) is 36.4 Å². The van der Waals surface area contributed by atoms with Gasteiger partial charge in [-0.3, -0.25) is 19.2 Å². The first kappa shape index (κ1) is 50.2. The maximum Gasteiger partial charge on any atom is 0.333 e. The van der Waals surface area contributed by atoms with Crippen molar-refractivity contribution < 1.29 is 38.1 Å². The molecule has 0 bridgehead atoms. The number of nitriles is 4. The first-order valence-electron chi connectivity index (χ1n) is 23.1. The Hall–Kier alpha value is -9.33. The lowest BCUT2D eigenvalue weighted by molar-refractivity contribution is -0.165. The third-order valence-corrected chi connectivity index (χ3v) is 17.2. The zero-order chi connectivity index (χ0) is 52.8. The number of thiophene rings is 4. The van der Waals surface area contributed by atoms with Crippen LogP contribution in [0.2, 0.25) is 0 Å². The van der Waals surface area contributed by atoms with Gasteiger partial charge in [0.15, 0.2) is 0 Å². The molecule has 8 aromatic rings. The second-order valence-corrected chi connectivity index (χ2v) is 21.3. The number of fused-ring (bicyclic) bond motifs is 4. The van der Waals surface area contributed by atoms with Crippen LogP contribution in [0.5, 0.6) is 0 Å². The second-order valence-electron chi connectivity index (χ2n) is 17.0. The summed E-state index contributed by atoms with van der Waals surface area (Å²) in [4.78, 5) is 71.1. The highest BCUT2D eigenvalue weighted by Gasteiger charge is 2.72. The van der Waals surface area contributed by atoms with Crippen molar-refractivity contribution in [3.05, 3.63) is 211 Å². The van der Waals surface area contributed by atoms with E-state index in [4.69, 9.17) is 18.9 Å². The predicted molar refractivity (Wildman–Crippen MR) is 288 cm³/mol. The van der Waals surface area contributed by atoms with Gasteiger partial charge in [0.1, 0.15) is 61.3 Å². The Morgan fingerprint density at radius 3 is 1.18 bits per heavy atom. The molecule has 4 aromatic heterocycles. The highest BCUT2D eigenvalue weighted by molar-refractivity contribution is 7.25. The van der Waals surface area contributed by atoms with E-state index < -0.39 is 34.7 Å². The van der Waals surface area contributed by atoms with Gasteiger partial charge < -0.3 is 18.9 Å². The normalized spacial score (nSPS) is 13.0. The Bertz CT molecular complexity index is 3470. The van der Waals surface area contributed by atoms with Crippen molar-refractivity contribution in [2.24, 2.45) is 4.99 Å². The van der Waals surface area contributed by atoms with Crippen LogP contribution in [0.4, 0.5) is 5.00 Å². The molecule has 10 rings (SSSR count). The van der Waals surface area contributed by atoms with Crippen LogP contribution in [0.15, 0.2) is 168 Å². The monoisotopic (exact) mass is 1070 g/mol. The molecule has 0 fully saturated rings. The van der Waals surface area contributed by atoms with Gasteiger partial charge in [-0.25, -0.2) is 4.99 Å². The molecule has 0 amide bonds. The molecule has 0 N–H and O–H groups in total. The van der Waals surface area contributed by atoms with Crippen LogP contribution in [-0.4, -0.2) is 29.6 Å². The van der Waals surface area contributed by atoms with Crippen molar-refractivity contribution in [2.45, 2.75) is 37.3 Å². The van der Waals surface area contributed by atoms with Crippen molar-refractivity contribution in [3.63, 3.8) is 0 Å². The molecule has 0 aliphatic heterocycles. The van der Waals surface area contributed by atoms with E-state index in [2.05, 4.69) is 4.99 Å². The lowest BCUT2D eigenvalue weighted by Gasteiger charge is -2.29. The maximum atomic E-state index is 15.9. The third kappa shape index (κ3) is 9.22. The Morgan fingerprint density at radius 1 is 0.447 bits per heavy atom. The van der Waals surface area contributed by atoms with Crippen LogP contribution in [-0.2, 0) is 75.4 Å². The molecule has 0 unspecified atom stereocenters. The Labute approximate surface area is 451 Å². The number of hydrogen-bond acceptors (Lipinski definition) is 17. The molecule has 0 radical (unpaired) electrons. The molecular formula is C59H35N5O8S4. The van der Waals surface area contributed by atoms with Crippen LogP contribution in [0.3, 0.4) is 0 Å². The smallest absolute Gasteiger partial charge is 0.333 e. The van der Waals surface area contributed by atoms with Gasteiger partial charge in [-0.15, -0.1) is 45.3 Å². The van der Waals surface area contributed by atoms with Crippen molar-refractivity contribution in [3.8, 4) is 43.8 Å². The summed E-state index contributed by atoms with van der Waals surface area (Å²) in [6.45, 7) is -1.11. The fourth-order valence-electron chi connectivity index (χ4n) is 9.01. The lowest BCUT2D eigenvalue weighted by atomic mass is 9.76. The number of allylic oxidation sites excluding steroid dienone is 1. The van der Waals surface area contributed by atoms with E-state index in [1.165, 1.54) is 17.4 Å². The van der Waals surface area contributed by atoms with Crippen LogP contribution >= 0.6 is 45.3 Å². The third-order valence-electron chi connectivity index (χ3n) is 12.5. The quantitative estimate of drug-likeness (QED) is 0.0291. The minimum Gasteiger partial charge on any atom is -0.459 e. The fourth-order valence-corrected chi connectivity index (χ4v) is 13.7. The molecule has 0 saturated heterocycles. The number of aliphatic imine (C=N–C) groups is 1. The number of nitrogens with zero attached hydrogens (tertiary/aromatic N) is 5. The summed E-state index contributed by atoms with van der Waals surface area (Å²) in [5.74, 6) is -4.20. The van der Waals surface area contributed by atoms with Gasteiger partial charge in [0.05, 0.1) is 0 Å². The average Bonchev–Trinajstić information content (AvgIpc) is 4.50. The van der Waals surface area contributed by atoms with Crippen molar-refractivity contribution in [1.29, 1.82) is 21.0 Å². The summed E-state index contributed by atoms with van der Waals surface area (Å²) in [6, 6.07) is 53.0. The van der Waals surface area contributed by atoms with E-state index in [0.29, 0.717) is 51.6 Å². The molecule has 76 heavy (non-hydrogen) atoms. The number of hydrogen-bond donors (Lipinski definition) is 0. The van der Waals surface area contributed by atoms with Gasteiger partial charge in [0, 0.05) is 56.4 Å². The zero-order valence-corrected chi connectivity index (χ0v) is 42.8. The first-order chi connectivity index (χ1) is 37.1. The van der Waals surface area contributed by atoms with E-state index in [-0.39, 0.29) is 69.7 Å². The second kappa shape index (κ2) is 21.6. The Morgan fingerprint density at radius 2 is 0.816 bits per heavy atom. The molecule has 13 nitrogen and oxygen atoms in total. The van der Waals surface area contributed by atoms with E-state index >= 15 is 19.2 Å². The molecule has 0 atom stereocenters. The van der Waals surface area contributed by atoms with Crippen LogP contribution in [0, 0.1) is 45.3 Å². The molecule has 0 spiro atoms. The Balaban J connectivity index is 1.26. The summed E-state index contributed by atoms with van der Waals surface area (Å²) < 4.78 is 25.1. The van der Waals surface area contributed by atoms with Crippen molar-refractivity contribution in [1.82, 2.24) is 0 Å². The number of carbonyl (C=O) groups excluding carboxylic acids is 4. The summed E-state index contributed by atoms with van der Waals surface area (Å²) in [5, 5.41) is 38.5. The van der Waals surface area contributed by atoms with Gasteiger partial charge in [0.25, 0.3) is 0 Å². The standard InChI is InChI=1S/C59H35N5O8S4/c60-28-40(29-61)25-42-21-22-45(73-42)47-26-43-52(75-47)50-51(58(43,54(65)69-32-36-13-5-1-6-14-36)55(66)70-33-37-15-7-2-8-16-37)53-44(27-48(76-53)46-23-24-49(74-46)64-41(30-62)31-63)59(50,56(67)71-34-38-17-9-3-10-18-38)57(68)72-35-39-19-11-4-12-20-39/h1-27H,32-35H2. The largest absolute Gasteiger partial charge is 0.459 e. The van der Waals surface area contributed by atoms with Gasteiger partial charge >= 0.3 is 23.9 Å². The number of carbonyl (C=O) groups is 4. The molecule has 2 aliphatic carbocycles. The van der Waals surface area contributed by atoms with Gasteiger partial charge in [0.2, 0.25) is 16.5 Å². The topological polar surface area (TPSA) is 213 Å². The van der Waals surface area contributed by atoms with Gasteiger partial charge in [-0.05, 0) is 64.7 Å². The fraction of sp³-hybridized carbons (Fsp3) is 0.102. The molecule has 17 heteroatoms. The number of ether oxygens (including phenoxy) is 4. The molecule has 368 valence electrons. The van der Waals surface area contributed by atoms with Gasteiger partial charge in [-0.2, -0.15) is 21.0 Å². The van der Waals surface area contributed by atoms with Crippen LogP contribution < -0.4 is 0 Å². The SMILES string of the molecule is N#CC(C#N)=Cc1ccc(-c2cc3c(s2)C2=C(c4sc(-c5ccc(N=C(C#N)C#N)s5)cc4C2(C(=O)OCc2ccccc2)C(=O)OCc2ccccc2)C3(C(=O)OCc2ccccc2)C(=O)OCc2ccccc2)s1. The van der Waals surface area contributed by atoms with E-state index in [9.17, 15) is 21.0 Å². The maximum absolute atomic E-state index is 15.9. The number of rotatable bonds is 16. The minimum absolute atomic E-state index is 0.0203. The number of esters is 4. The summed E-state index contributed by atoms with van der Waals surface area (Å²) in [5.41, 5.74) is -2.99. The van der Waals surface area contributed by atoms with Crippen LogP contribution in [0.1, 0.15) is 48.0 Å².